The van der Waals surface area contributed by atoms with Crippen LogP contribution < -0.4 is 5.32 Å². The third-order valence-corrected chi connectivity index (χ3v) is 3.16. The summed E-state index contributed by atoms with van der Waals surface area (Å²) in [4.78, 5) is 33.5. The molecule has 0 heterocycles. The predicted molar refractivity (Wildman–Crippen MR) is 85.3 cm³/mol. The van der Waals surface area contributed by atoms with Crippen LogP contribution in [0.2, 0.25) is 0 Å². The lowest BCUT2D eigenvalue weighted by Gasteiger charge is -2.09. The first-order valence-electron chi connectivity index (χ1n) is 6.47. The standard InChI is InChI=1S/C15H16BrN2O3/c1-2-5-14(20)17-13-7-4-3-6-12(13)8-9-15(21)18(16)10-11-19/h3-4,6-9H,2,5,10H2,1H3,(H,17,20)/b9-8+. The zero-order valence-corrected chi connectivity index (χ0v) is 13.2. The molecule has 0 aromatic heterocycles. The van der Waals surface area contributed by atoms with Crippen molar-refractivity contribution >= 4 is 46.0 Å². The quantitative estimate of drug-likeness (QED) is 0.606. The van der Waals surface area contributed by atoms with E-state index in [1.54, 1.807) is 30.6 Å². The first kappa shape index (κ1) is 17.1. The molecule has 0 bridgehead atoms. The minimum Gasteiger partial charge on any atom is -0.326 e. The molecule has 6 heteroatoms. The SMILES string of the molecule is CCCC(=O)Nc1ccccc1/C=C/C(=O)N(Br)C[C]=O. The van der Waals surface area contributed by atoms with Crippen molar-refractivity contribution in [2.45, 2.75) is 19.8 Å². The van der Waals surface area contributed by atoms with E-state index in [1.165, 1.54) is 6.08 Å². The number of hydrogen-bond donors (Lipinski definition) is 1. The number of amides is 2. The molecule has 0 fully saturated rings. The topological polar surface area (TPSA) is 66.5 Å². The summed E-state index contributed by atoms with van der Waals surface area (Å²) in [6, 6.07) is 7.17. The molecular weight excluding hydrogens is 336 g/mol. The maximum absolute atomic E-state index is 11.7. The second kappa shape index (κ2) is 9.07. The van der Waals surface area contributed by atoms with Crippen molar-refractivity contribution in [3.8, 4) is 0 Å². The monoisotopic (exact) mass is 351 g/mol. The highest BCUT2D eigenvalue weighted by molar-refractivity contribution is 9.07. The number of nitrogens with zero attached hydrogens (tertiary/aromatic N) is 1. The average molecular weight is 352 g/mol. The fourth-order valence-electron chi connectivity index (χ4n) is 1.57. The summed E-state index contributed by atoms with van der Waals surface area (Å²) in [5.41, 5.74) is 1.36. The van der Waals surface area contributed by atoms with Gasteiger partial charge in [-0.2, -0.15) is 0 Å². The van der Waals surface area contributed by atoms with E-state index in [1.807, 2.05) is 13.0 Å². The fourth-order valence-corrected chi connectivity index (χ4v) is 1.79. The highest BCUT2D eigenvalue weighted by atomic mass is 79.9. The van der Waals surface area contributed by atoms with Crippen LogP contribution in [0.3, 0.4) is 0 Å². The number of rotatable bonds is 7. The van der Waals surface area contributed by atoms with Gasteiger partial charge in [0.1, 0.15) is 0 Å². The molecule has 1 radical (unpaired) electrons. The van der Waals surface area contributed by atoms with Crippen LogP contribution in [-0.4, -0.2) is 28.6 Å². The van der Waals surface area contributed by atoms with Gasteiger partial charge >= 0.3 is 0 Å². The van der Waals surface area contributed by atoms with Crippen LogP contribution >= 0.6 is 16.1 Å². The number of benzene rings is 1. The molecule has 0 unspecified atom stereocenters. The van der Waals surface area contributed by atoms with Gasteiger partial charge in [-0.1, -0.05) is 25.1 Å². The summed E-state index contributed by atoms with van der Waals surface area (Å²) in [7, 11) is 0. The molecule has 5 nitrogen and oxygen atoms in total. The van der Waals surface area contributed by atoms with Crippen molar-refractivity contribution in [1.82, 2.24) is 3.93 Å². The van der Waals surface area contributed by atoms with E-state index in [0.29, 0.717) is 17.7 Å². The minimum atomic E-state index is -0.381. The lowest BCUT2D eigenvalue weighted by molar-refractivity contribution is -0.120. The largest absolute Gasteiger partial charge is 0.326 e. The van der Waals surface area contributed by atoms with E-state index in [4.69, 9.17) is 0 Å². The molecule has 0 aliphatic carbocycles. The van der Waals surface area contributed by atoms with Gasteiger partial charge in [-0.15, -0.1) is 0 Å². The van der Waals surface area contributed by atoms with Crippen LogP contribution in [0.25, 0.3) is 6.08 Å². The number of anilines is 1. The molecule has 1 rings (SSSR count). The van der Waals surface area contributed by atoms with Gasteiger partial charge in [0, 0.05) is 18.2 Å². The van der Waals surface area contributed by atoms with Crippen LogP contribution in [0.1, 0.15) is 25.3 Å². The molecule has 21 heavy (non-hydrogen) atoms. The highest BCUT2D eigenvalue weighted by Gasteiger charge is 2.07. The lowest BCUT2D eigenvalue weighted by Crippen LogP contribution is -2.20. The molecule has 0 atom stereocenters. The van der Waals surface area contributed by atoms with Crippen LogP contribution in [0.15, 0.2) is 30.3 Å². The fraction of sp³-hybridized carbons (Fsp3) is 0.267. The van der Waals surface area contributed by atoms with Crippen LogP contribution in [-0.2, 0) is 14.4 Å². The zero-order chi connectivity index (χ0) is 15.7. The van der Waals surface area contributed by atoms with Crippen LogP contribution in [0, 0.1) is 0 Å². The molecule has 1 aromatic carbocycles. The van der Waals surface area contributed by atoms with Crippen molar-refractivity contribution in [2.75, 3.05) is 11.9 Å². The Kier molecular flexibility index (Phi) is 7.39. The van der Waals surface area contributed by atoms with Gasteiger partial charge in [-0.3, -0.25) is 18.3 Å². The molecule has 0 saturated heterocycles. The molecule has 0 aliphatic heterocycles. The molecule has 0 aliphatic rings. The second-order valence-electron chi connectivity index (χ2n) is 4.22. The highest BCUT2D eigenvalue weighted by Crippen LogP contribution is 2.17. The summed E-state index contributed by atoms with van der Waals surface area (Å²) < 4.78 is 1.06. The van der Waals surface area contributed by atoms with Gasteiger partial charge in [-0.25, -0.2) is 0 Å². The first-order valence-corrected chi connectivity index (χ1v) is 7.18. The Bertz CT molecular complexity index is 543. The number of halogens is 1. The number of hydrogen-bond acceptors (Lipinski definition) is 3. The summed E-state index contributed by atoms with van der Waals surface area (Å²) in [5.74, 6) is -0.449. The smallest absolute Gasteiger partial charge is 0.256 e. The summed E-state index contributed by atoms with van der Waals surface area (Å²) >= 11 is 2.96. The van der Waals surface area contributed by atoms with Crippen molar-refractivity contribution in [2.24, 2.45) is 0 Å². The normalized spacial score (nSPS) is 10.4. The molecule has 0 saturated carbocycles. The van der Waals surface area contributed by atoms with Crippen molar-refractivity contribution in [3.63, 3.8) is 0 Å². The summed E-state index contributed by atoms with van der Waals surface area (Å²) in [6.45, 7) is 1.77. The molecular formula is C15H16BrN2O3. The third kappa shape index (κ3) is 5.91. The van der Waals surface area contributed by atoms with Crippen molar-refractivity contribution in [1.29, 1.82) is 0 Å². The van der Waals surface area contributed by atoms with Gasteiger partial charge in [-0.05, 0) is 24.1 Å². The molecule has 0 spiro atoms. The number of carbonyl (C=O) groups is 2. The lowest BCUT2D eigenvalue weighted by atomic mass is 10.1. The Morgan fingerprint density at radius 2 is 2.10 bits per heavy atom. The average Bonchev–Trinajstić information content (AvgIpc) is 2.46. The van der Waals surface area contributed by atoms with E-state index in [0.717, 1.165) is 10.3 Å². The predicted octanol–water partition coefficient (Wildman–Crippen LogP) is 2.69. The maximum atomic E-state index is 11.7. The Hall–Kier alpha value is -1.95. The van der Waals surface area contributed by atoms with E-state index < -0.39 is 0 Å². The van der Waals surface area contributed by atoms with Crippen LogP contribution in [0.5, 0.6) is 0 Å². The Balaban J connectivity index is 2.81. The molecule has 1 N–H and O–H groups in total. The van der Waals surface area contributed by atoms with E-state index in [2.05, 4.69) is 21.5 Å². The number of nitrogens with one attached hydrogen (secondary N) is 1. The minimum absolute atomic E-state index is 0.0673. The summed E-state index contributed by atoms with van der Waals surface area (Å²) in [6.07, 6.45) is 5.73. The van der Waals surface area contributed by atoms with Gasteiger partial charge in [0.25, 0.3) is 5.91 Å². The van der Waals surface area contributed by atoms with Crippen molar-refractivity contribution < 1.29 is 14.4 Å². The summed E-state index contributed by atoms with van der Waals surface area (Å²) in [5, 5.41) is 2.80. The third-order valence-electron chi connectivity index (χ3n) is 2.56. The van der Waals surface area contributed by atoms with Crippen molar-refractivity contribution in [3.05, 3.63) is 35.9 Å². The molecule has 1 aromatic rings. The van der Waals surface area contributed by atoms with Gasteiger partial charge in [0.15, 0.2) is 0 Å². The van der Waals surface area contributed by atoms with E-state index >= 15 is 0 Å². The molecule has 111 valence electrons. The van der Waals surface area contributed by atoms with Crippen LogP contribution in [0.4, 0.5) is 5.69 Å². The second-order valence-corrected chi connectivity index (χ2v) is 5.08. The van der Waals surface area contributed by atoms with Gasteiger partial charge < -0.3 is 5.32 Å². The number of para-hydroxylation sites is 1. The maximum Gasteiger partial charge on any atom is 0.256 e. The van der Waals surface area contributed by atoms with Gasteiger partial charge in [0.05, 0.1) is 22.7 Å². The molecule has 2 amide bonds. The first-order chi connectivity index (χ1) is 10.1. The van der Waals surface area contributed by atoms with E-state index in [9.17, 15) is 14.4 Å². The Morgan fingerprint density at radius 3 is 2.76 bits per heavy atom. The van der Waals surface area contributed by atoms with Gasteiger partial charge in [0.2, 0.25) is 12.2 Å². The zero-order valence-electron chi connectivity index (χ0n) is 11.6. The Labute approximate surface area is 132 Å². The number of carbonyl (C=O) groups excluding carboxylic acids is 3. The van der Waals surface area contributed by atoms with E-state index in [-0.39, 0.29) is 18.4 Å². The Morgan fingerprint density at radius 1 is 1.38 bits per heavy atom.